The first-order chi connectivity index (χ1) is 10.3. The fourth-order valence-corrected chi connectivity index (χ4v) is 3.16. The van der Waals surface area contributed by atoms with E-state index < -0.39 is 8.07 Å². The molecule has 2 aromatic rings. The number of hydrogen-bond acceptors (Lipinski definition) is 6. The van der Waals surface area contributed by atoms with Crippen molar-refractivity contribution in [3.05, 3.63) is 28.5 Å². The molecule has 0 N–H and O–H groups in total. The molecule has 0 fully saturated rings. The van der Waals surface area contributed by atoms with Crippen LogP contribution in [-0.2, 0) is 0 Å². The van der Waals surface area contributed by atoms with Crippen LogP contribution in [0.15, 0.2) is 18.2 Å². The molecule has 0 unspecified atom stereocenters. The van der Waals surface area contributed by atoms with Crippen molar-refractivity contribution in [1.29, 1.82) is 0 Å². The molecule has 2 rings (SSSR count). The van der Waals surface area contributed by atoms with Crippen molar-refractivity contribution in [3.63, 3.8) is 0 Å². The SMILES string of the molecule is COc1ccc(Cl)nn1.COc1nnc(Cl)cc1[Si](C)(C)C. The van der Waals surface area contributed by atoms with Gasteiger partial charge >= 0.3 is 0 Å². The Labute approximate surface area is 140 Å². The molecular weight excluding hydrogens is 343 g/mol. The van der Waals surface area contributed by atoms with Crippen LogP contribution in [0.4, 0.5) is 0 Å². The zero-order valence-electron chi connectivity index (χ0n) is 13.1. The van der Waals surface area contributed by atoms with E-state index in [4.69, 9.17) is 32.7 Å². The summed E-state index contributed by atoms with van der Waals surface area (Å²) in [6.07, 6.45) is 0. The second-order valence-electron chi connectivity index (χ2n) is 5.24. The summed E-state index contributed by atoms with van der Waals surface area (Å²) in [6, 6.07) is 5.11. The van der Waals surface area contributed by atoms with E-state index in [0.29, 0.717) is 22.1 Å². The van der Waals surface area contributed by atoms with E-state index in [-0.39, 0.29) is 0 Å². The summed E-state index contributed by atoms with van der Waals surface area (Å²) in [4.78, 5) is 0. The van der Waals surface area contributed by atoms with Crippen LogP contribution in [-0.4, -0.2) is 42.7 Å². The van der Waals surface area contributed by atoms with Crippen molar-refractivity contribution in [2.75, 3.05) is 14.2 Å². The highest BCUT2D eigenvalue weighted by atomic mass is 35.5. The van der Waals surface area contributed by atoms with Gasteiger partial charge in [0.2, 0.25) is 11.8 Å². The lowest BCUT2D eigenvalue weighted by Crippen LogP contribution is -2.39. The Morgan fingerprint density at radius 3 is 1.95 bits per heavy atom. The lowest BCUT2D eigenvalue weighted by atomic mass is 10.5. The van der Waals surface area contributed by atoms with Crippen molar-refractivity contribution in [3.8, 4) is 11.8 Å². The van der Waals surface area contributed by atoms with Gasteiger partial charge in [0.15, 0.2) is 10.3 Å². The Balaban J connectivity index is 0.000000235. The van der Waals surface area contributed by atoms with Crippen LogP contribution in [0.25, 0.3) is 0 Å². The molecule has 0 radical (unpaired) electrons. The van der Waals surface area contributed by atoms with E-state index in [2.05, 4.69) is 40.0 Å². The first kappa shape index (κ1) is 18.6. The summed E-state index contributed by atoms with van der Waals surface area (Å²) in [5.41, 5.74) is 0. The lowest BCUT2D eigenvalue weighted by molar-refractivity contribution is 0.392. The fraction of sp³-hybridized carbons (Fsp3) is 0.385. The molecule has 0 saturated heterocycles. The Morgan fingerprint density at radius 1 is 0.864 bits per heavy atom. The van der Waals surface area contributed by atoms with Gasteiger partial charge in [0.25, 0.3) is 0 Å². The summed E-state index contributed by atoms with van der Waals surface area (Å²) in [7, 11) is 1.68. The van der Waals surface area contributed by atoms with Crippen molar-refractivity contribution >= 4 is 36.5 Å². The van der Waals surface area contributed by atoms with E-state index in [1.54, 1.807) is 19.2 Å². The Morgan fingerprint density at radius 2 is 1.50 bits per heavy atom. The van der Waals surface area contributed by atoms with Crippen LogP contribution in [0.2, 0.25) is 29.9 Å². The van der Waals surface area contributed by atoms with Gasteiger partial charge in [-0.2, -0.15) is 0 Å². The summed E-state index contributed by atoms with van der Waals surface area (Å²) >= 11 is 11.2. The average Bonchev–Trinajstić information content (AvgIpc) is 2.48. The molecule has 120 valence electrons. The Hall–Kier alpha value is -1.44. The van der Waals surface area contributed by atoms with Gasteiger partial charge in [0.1, 0.15) is 0 Å². The second-order valence-corrected chi connectivity index (χ2v) is 11.1. The average molecular weight is 361 g/mol. The zero-order valence-corrected chi connectivity index (χ0v) is 15.6. The maximum atomic E-state index is 5.77. The maximum absolute atomic E-state index is 5.77. The molecule has 0 aromatic carbocycles. The molecule has 0 spiro atoms. The molecule has 0 aliphatic carbocycles. The Bertz CT molecular complexity index is 606. The predicted molar refractivity (Wildman–Crippen MR) is 90.2 cm³/mol. The van der Waals surface area contributed by atoms with E-state index in [9.17, 15) is 0 Å². The molecule has 22 heavy (non-hydrogen) atoms. The van der Waals surface area contributed by atoms with Crippen LogP contribution in [0.1, 0.15) is 0 Å². The lowest BCUT2D eigenvalue weighted by Gasteiger charge is -2.18. The molecule has 0 aliphatic heterocycles. The highest BCUT2D eigenvalue weighted by molar-refractivity contribution is 6.89. The van der Waals surface area contributed by atoms with Crippen molar-refractivity contribution < 1.29 is 9.47 Å². The number of methoxy groups -OCH3 is 2. The van der Waals surface area contributed by atoms with E-state index in [0.717, 1.165) is 5.19 Å². The van der Waals surface area contributed by atoms with Crippen molar-refractivity contribution in [2.24, 2.45) is 0 Å². The summed E-state index contributed by atoms with van der Waals surface area (Å²) in [6.45, 7) is 6.63. The minimum absolute atomic E-state index is 0.371. The molecule has 0 saturated carbocycles. The number of aromatic nitrogens is 4. The number of hydrogen-bond donors (Lipinski definition) is 0. The van der Waals surface area contributed by atoms with Crippen LogP contribution < -0.4 is 14.7 Å². The Kier molecular flexibility index (Phi) is 6.98. The largest absolute Gasteiger partial charge is 0.480 e. The van der Waals surface area contributed by atoms with Crippen molar-refractivity contribution in [2.45, 2.75) is 19.6 Å². The third-order valence-corrected chi connectivity index (χ3v) is 4.91. The van der Waals surface area contributed by atoms with Crippen LogP contribution >= 0.6 is 23.2 Å². The molecule has 9 heteroatoms. The number of nitrogens with zero attached hydrogens (tertiary/aromatic N) is 4. The molecule has 0 amide bonds. The van der Waals surface area contributed by atoms with E-state index in [1.807, 2.05) is 6.07 Å². The van der Waals surface area contributed by atoms with Gasteiger partial charge in [-0.15, -0.1) is 20.4 Å². The molecular formula is C13H18Cl2N4O2Si. The minimum Gasteiger partial charge on any atom is -0.480 e. The first-order valence-corrected chi connectivity index (χ1v) is 10.6. The van der Waals surface area contributed by atoms with E-state index in [1.165, 1.54) is 7.11 Å². The molecule has 0 atom stereocenters. The number of halogens is 2. The smallest absolute Gasteiger partial charge is 0.233 e. The maximum Gasteiger partial charge on any atom is 0.233 e. The standard InChI is InChI=1S/C8H13ClN2OSi.C5H5ClN2O/c1-12-8-6(13(2,3)4)5-7(9)10-11-8;1-9-5-3-2-4(6)7-8-5/h5H,1-4H3;2-3H,1H3. The molecule has 6 nitrogen and oxygen atoms in total. The topological polar surface area (TPSA) is 70.0 Å². The zero-order chi connectivity index (χ0) is 16.8. The van der Waals surface area contributed by atoms with Crippen molar-refractivity contribution in [1.82, 2.24) is 20.4 Å². The highest BCUT2D eigenvalue weighted by Crippen LogP contribution is 2.13. The van der Waals surface area contributed by atoms with Gasteiger partial charge in [-0.05, 0) is 12.1 Å². The predicted octanol–water partition coefficient (Wildman–Crippen LogP) is 2.82. The third kappa shape index (κ3) is 5.74. The van der Waals surface area contributed by atoms with Gasteiger partial charge in [-0.25, -0.2) is 0 Å². The van der Waals surface area contributed by atoms with E-state index >= 15 is 0 Å². The highest BCUT2D eigenvalue weighted by Gasteiger charge is 2.22. The second kappa shape index (κ2) is 8.26. The van der Waals surface area contributed by atoms with Crippen LogP contribution in [0.3, 0.4) is 0 Å². The molecule has 2 heterocycles. The number of ether oxygens (including phenoxy) is 2. The van der Waals surface area contributed by atoms with Gasteiger partial charge < -0.3 is 9.47 Å². The monoisotopic (exact) mass is 360 g/mol. The quantitative estimate of drug-likeness (QED) is 0.783. The van der Waals surface area contributed by atoms with Crippen LogP contribution in [0, 0.1) is 0 Å². The molecule has 2 aromatic heterocycles. The fourth-order valence-electron chi connectivity index (χ4n) is 1.46. The molecule has 0 bridgehead atoms. The van der Waals surface area contributed by atoms with Gasteiger partial charge in [-0.1, -0.05) is 42.8 Å². The summed E-state index contributed by atoms with van der Waals surface area (Å²) in [5, 5.41) is 16.7. The van der Waals surface area contributed by atoms with Crippen LogP contribution in [0.5, 0.6) is 11.8 Å². The minimum atomic E-state index is -1.44. The van der Waals surface area contributed by atoms with Gasteiger partial charge in [0, 0.05) is 11.3 Å². The first-order valence-electron chi connectivity index (χ1n) is 6.39. The van der Waals surface area contributed by atoms with Gasteiger partial charge in [-0.3, -0.25) is 0 Å². The normalized spacial score (nSPS) is 10.5. The van der Waals surface area contributed by atoms with Gasteiger partial charge in [0.05, 0.1) is 22.3 Å². The molecule has 0 aliphatic rings. The number of rotatable bonds is 3. The summed E-state index contributed by atoms with van der Waals surface area (Å²) < 4.78 is 9.87. The summed E-state index contributed by atoms with van der Waals surface area (Å²) in [5.74, 6) is 1.07. The third-order valence-electron chi connectivity index (χ3n) is 2.55.